The van der Waals surface area contributed by atoms with Crippen LogP contribution in [-0.4, -0.2) is 5.78 Å². The van der Waals surface area contributed by atoms with Crippen LogP contribution < -0.4 is 0 Å². The Morgan fingerprint density at radius 2 is 1.33 bits per heavy atom. The molecular weight excluding hydrogens is 284 g/mol. The lowest BCUT2D eigenvalue weighted by atomic mass is 9.68. The van der Waals surface area contributed by atoms with Crippen molar-refractivity contribution in [2.75, 3.05) is 0 Å². The maximum Gasteiger partial charge on any atom is 0.197 e. The maximum atomic E-state index is 14.1. The third kappa shape index (κ3) is 1.39. The van der Waals surface area contributed by atoms with Crippen molar-refractivity contribution in [2.45, 2.75) is 38.5 Å². The number of fused-ring (bicyclic) bond motifs is 5. The molecule has 0 spiro atoms. The van der Waals surface area contributed by atoms with Crippen LogP contribution in [0.15, 0.2) is 12.2 Å². The van der Waals surface area contributed by atoms with Crippen LogP contribution in [-0.2, 0) is 4.79 Å². The van der Waals surface area contributed by atoms with Gasteiger partial charge in [-0.15, -0.1) is 0 Å². The summed E-state index contributed by atoms with van der Waals surface area (Å²) in [5.41, 5.74) is -1.02. The Morgan fingerprint density at radius 3 is 1.62 bits per heavy atom. The first-order chi connectivity index (χ1) is 9.76. The average Bonchev–Trinajstić information content (AvgIpc) is 2.94. The molecule has 0 heterocycles. The van der Waals surface area contributed by atoms with Gasteiger partial charge in [0, 0.05) is 23.0 Å². The molecule has 21 heavy (non-hydrogen) atoms. The summed E-state index contributed by atoms with van der Waals surface area (Å²) in [6, 6.07) is 0. The van der Waals surface area contributed by atoms with Crippen LogP contribution in [0.4, 0.5) is 17.6 Å². The molecule has 5 heteroatoms. The lowest BCUT2D eigenvalue weighted by Gasteiger charge is -2.32. The van der Waals surface area contributed by atoms with E-state index < -0.39 is 40.5 Å². The Labute approximate surface area is 119 Å². The van der Waals surface area contributed by atoms with Gasteiger partial charge in [0.2, 0.25) is 0 Å². The van der Waals surface area contributed by atoms with Crippen LogP contribution in [0.25, 0.3) is 0 Å². The molecule has 2 unspecified atom stereocenters. The molecule has 2 aliphatic carbocycles. The predicted molar refractivity (Wildman–Crippen MR) is 68.9 cm³/mol. The molecule has 2 atom stereocenters. The Balaban J connectivity index is 2.39. The second-order valence-corrected chi connectivity index (χ2v) is 5.97. The van der Waals surface area contributed by atoms with Gasteiger partial charge in [-0.3, -0.25) is 4.79 Å². The van der Waals surface area contributed by atoms with Crippen LogP contribution in [0.5, 0.6) is 0 Å². The van der Waals surface area contributed by atoms with Crippen molar-refractivity contribution in [1.29, 1.82) is 0 Å². The van der Waals surface area contributed by atoms with E-state index in [0.717, 1.165) is 0 Å². The third-order valence-electron chi connectivity index (χ3n) is 5.17. The quantitative estimate of drug-likeness (QED) is 0.343. The molecule has 0 aliphatic heterocycles. The summed E-state index contributed by atoms with van der Waals surface area (Å²) in [6.07, 6.45) is 0.872. The topological polar surface area (TPSA) is 17.1 Å². The predicted octanol–water partition coefficient (Wildman–Crippen LogP) is 4.37. The number of allylic oxidation sites excluding steroid dienone is 1. The van der Waals surface area contributed by atoms with Crippen LogP contribution >= 0.6 is 0 Å². The monoisotopic (exact) mass is 298 g/mol. The lowest BCUT2D eigenvalue weighted by molar-refractivity contribution is -0.125. The summed E-state index contributed by atoms with van der Waals surface area (Å²) in [7, 11) is 0. The summed E-state index contributed by atoms with van der Waals surface area (Å²) < 4.78 is 55.4. The zero-order valence-electron chi connectivity index (χ0n) is 11.7. The summed E-state index contributed by atoms with van der Waals surface area (Å²) >= 11 is 0. The molecule has 1 aromatic carbocycles. The molecule has 0 saturated heterocycles. The molecule has 112 valence electrons. The molecule has 1 aromatic rings. The molecule has 0 amide bonds. The van der Waals surface area contributed by atoms with E-state index in [1.807, 2.05) is 0 Å². The molecule has 1 fully saturated rings. The molecule has 2 bridgehead atoms. The average molecular weight is 298 g/mol. The van der Waals surface area contributed by atoms with Gasteiger partial charge in [0.05, 0.1) is 5.41 Å². The molecule has 0 radical (unpaired) electrons. The van der Waals surface area contributed by atoms with Crippen molar-refractivity contribution in [2.24, 2.45) is 5.41 Å². The number of Topliss-reactive ketones (excluding diaryl/α,β-unsaturated/α-hetero) is 1. The zero-order valence-corrected chi connectivity index (χ0v) is 11.7. The standard InChI is InChI=1S/C16H14F4O/c1-6(2)16(7(3)21)8-4-5-9(16)11-10(8)12(17)14(19)15(20)13(11)18/h8-9H,1,4-5H2,2-3H3. The number of carbonyl (C=O) groups is 1. The van der Waals surface area contributed by atoms with Gasteiger partial charge in [0.25, 0.3) is 0 Å². The van der Waals surface area contributed by atoms with Crippen molar-refractivity contribution in [3.8, 4) is 0 Å². The van der Waals surface area contributed by atoms with Gasteiger partial charge >= 0.3 is 0 Å². The van der Waals surface area contributed by atoms with E-state index in [9.17, 15) is 22.4 Å². The fourth-order valence-electron chi connectivity index (χ4n) is 4.51. The van der Waals surface area contributed by atoms with Crippen molar-refractivity contribution >= 4 is 5.78 Å². The van der Waals surface area contributed by atoms with Gasteiger partial charge in [-0.1, -0.05) is 12.2 Å². The summed E-state index contributed by atoms with van der Waals surface area (Å²) in [6.45, 7) is 6.77. The highest BCUT2D eigenvalue weighted by molar-refractivity contribution is 5.90. The number of ketones is 1. The number of halogens is 4. The Kier molecular flexibility index (Phi) is 2.85. The second kappa shape index (κ2) is 4.18. The molecule has 1 saturated carbocycles. The van der Waals surface area contributed by atoms with Gasteiger partial charge in [0.15, 0.2) is 23.3 Å². The normalized spacial score (nSPS) is 29.6. The number of rotatable bonds is 2. The molecule has 3 rings (SSSR count). The minimum atomic E-state index is -1.81. The highest BCUT2D eigenvalue weighted by Gasteiger charge is 2.63. The van der Waals surface area contributed by atoms with Crippen LogP contribution in [0.2, 0.25) is 0 Å². The molecule has 2 aliphatic rings. The first-order valence-electron chi connectivity index (χ1n) is 6.78. The lowest BCUT2D eigenvalue weighted by Crippen LogP contribution is -2.33. The maximum absolute atomic E-state index is 14.1. The summed E-state index contributed by atoms with van der Waals surface area (Å²) in [5.74, 6) is -7.96. The van der Waals surface area contributed by atoms with E-state index in [2.05, 4.69) is 6.58 Å². The van der Waals surface area contributed by atoms with E-state index in [0.29, 0.717) is 18.4 Å². The highest BCUT2D eigenvalue weighted by atomic mass is 19.2. The van der Waals surface area contributed by atoms with Gasteiger partial charge in [-0.2, -0.15) is 0 Å². The fourth-order valence-corrected chi connectivity index (χ4v) is 4.51. The molecule has 1 nitrogen and oxygen atoms in total. The van der Waals surface area contributed by atoms with Crippen molar-refractivity contribution in [3.63, 3.8) is 0 Å². The molecular formula is C16H14F4O. The van der Waals surface area contributed by atoms with E-state index in [4.69, 9.17) is 0 Å². The summed E-state index contributed by atoms with van der Waals surface area (Å²) in [5, 5.41) is 0. The van der Waals surface area contributed by atoms with Gasteiger partial charge in [-0.25, -0.2) is 17.6 Å². The number of hydrogen-bond acceptors (Lipinski definition) is 1. The smallest absolute Gasteiger partial charge is 0.197 e. The number of carbonyl (C=O) groups excluding carboxylic acids is 1. The van der Waals surface area contributed by atoms with Crippen LogP contribution in [0.3, 0.4) is 0 Å². The fraction of sp³-hybridized carbons (Fsp3) is 0.438. The van der Waals surface area contributed by atoms with E-state index in [-0.39, 0.29) is 16.9 Å². The first-order valence-corrected chi connectivity index (χ1v) is 6.78. The van der Waals surface area contributed by atoms with Crippen LogP contribution in [0.1, 0.15) is 49.7 Å². The van der Waals surface area contributed by atoms with Crippen molar-refractivity contribution < 1.29 is 22.4 Å². The Bertz CT molecular complexity index is 633. The minimum absolute atomic E-state index is 0.180. The minimum Gasteiger partial charge on any atom is -0.299 e. The molecule has 0 aromatic heterocycles. The van der Waals surface area contributed by atoms with Crippen molar-refractivity contribution in [1.82, 2.24) is 0 Å². The van der Waals surface area contributed by atoms with Crippen LogP contribution in [0, 0.1) is 28.7 Å². The number of hydrogen-bond donors (Lipinski definition) is 0. The molecule has 0 N–H and O–H groups in total. The van der Waals surface area contributed by atoms with Gasteiger partial charge in [0.1, 0.15) is 5.78 Å². The third-order valence-corrected chi connectivity index (χ3v) is 5.17. The Morgan fingerprint density at radius 1 is 0.952 bits per heavy atom. The van der Waals surface area contributed by atoms with Gasteiger partial charge in [-0.05, 0) is 26.7 Å². The largest absolute Gasteiger partial charge is 0.299 e. The Hall–Kier alpha value is -1.65. The van der Waals surface area contributed by atoms with E-state index in [1.54, 1.807) is 6.92 Å². The van der Waals surface area contributed by atoms with Gasteiger partial charge < -0.3 is 0 Å². The number of benzene rings is 1. The van der Waals surface area contributed by atoms with Crippen molar-refractivity contribution in [3.05, 3.63) is 46.5 Å². The SMILES string of the molecule is C=C(C)C1(C(C)=O)C2CCC1c1c(F)c(F)c(F)c(F)c12. The van der Waals surface area contributed by atoms with E-state index in [1.165, 1.54) is 6.92 Å². The first kappa shape index (κ1) is 14.3. The highest BCUT2D eigenvalue weighted by Crippen LogP contribution is 2.68. The summed E-state index contributed by atoms with van der Waals surface area (Å²) in [4.78, 5) is 12.2. The second-order valence-electron chi connectivity index (χ2n) is 5.97. The van der Waals surface area contributed by atoms with E-state index >= 15 is 0 Å². The zero-order chi connectivity index (χ0) is 15.7.